The molecule has 0 unspecified atom stereocenters. The second-order valence-electron chi connectivity index (χ2n) is 5.85. The zero-order valence-electron chi connectivity index (χ0n) is 13.1. The molecule has 1 aliphatic carbocycles. The van der Waals surface area contributed by atoms with Gasteiger partial charge < -0.3 is 10.7 Å². The van der Waals surface area contributed by atoms with Gasteiger partial charge in [-0.05, 0) is 43.9 Å². The smallest absolute Gasteiger partial charge is 0.138 e. The number of nitrogens with one attached hydrogen (secondary N) is 2. The Morgan fingerprint density at radius 1 is 1.50 bits per heavy atom. The van der Waals surface area contributed by atoms with E-state index in [1.165, 1.54) is 11.3 Å². The van der Waals surface area contributed by atoms with E-state index in [0.717, 1.165) is 35.9 Å². The SMILES string of the molecule is C/C=C(\C=C/CC)C1(c2cc3c(C(=N)N)ccnc3[nH]2)CC1. The summed E-state index contributed by atoms with van der Waals surface area (Å²) in [5, 5.41) is 8.66. The van der Waals surface area contributed by atoms with Crippen molar-refractivity contribution in [1.82, 2.24) is 9.97 Å². The lowest BCUT2D eigenvalue weighted by atomic mass is 9.91. The number of aromatic nitrogens is 2. The van der Waals surface area contributed by atoms with Gasteiger partial charge in [-0.25, -0.2) is 4.98 Å². The van der Waals surface area contributed by atoms with E-state index in [9.17, 15) is 0 Å². The van der Waals surface area contributed by atoms with Crippen LogP contribution in [0.3, 0.4) is 0 Å². The maximum atomic E-state index is 7.72. The van der Waals surface area contributed by atoms with Gasteiger partial charge >= 0.3 is 0 Å². The molecule has 2 aromatic heterocycles. The molecule has 0 spiro atoms. The first-order chi connectivity index (χ1) is 10.6. The number of nitrogen functional groups attached to an aromatic ring is 1. The van der Waals surface area contributed by atoms with Crippen molar-refractivity contribution in [2.45, 2.75) is 38.5 Å². The number of amidine groups is 1. The molecule has 4 N–H and O–H groups in total. The second kappa shape index (κ2) is 5.44. The maximum Gasteiger partial charge on any atom is 0.138 e. The van der Waals surface area contributed by atoms with Crippen LogP contribution in [0.2, 0.25) is 0 Å². The van der Waals surface area contributed by atoms with E-state index in [-0.39, 0.29) is 11.3 Å². The van der Waals surface area contributed by atoms with E-state index < -0.39 is 0 Å². The molecule has 2 aromatic rings. The standard InChI is InChI=1S/C18H22N4/c1-3-5-6-12(4-2)18(8-9-18)15-11-14-13(16(19)20)7-10-21-17(14)22-15/h4-7,10-11H,3,8-9H2,1-2H3,(H3,19,20)(H,21,22)/b6-5-,12-4+. The largest absolute Gasteiger partial charge is 0.384 e. The van der Waals surface area contributed by atoms with Crippen LogP contribution in [-0.2, 0) is 5.41 Å². The summed E-state index contributed by atoms with van der Waals surface area (Å²) in [7, 11) is 0. The Kier molecular flexibility index (Phi) is 3.61. The number of nitrogens with two attached hydrogens (primary N) is 1. The van der Waals surface area contributed by atoms with Crippen LogP contribution in [0.1, 0.15) is 44.4 Å². The van der Waals surface area contributed by atoms with Crippen molar-refractivity contribution in [3.05, 3.63) is 53.4 Å². The lowest BCUT2D eigenvalue weighted by molar-refractivity contribution is 0.811. The zero-order chi connectivity index (χ0) is 15.7. The van der Waals surface area contributed by atoms with Crippen molar-refractivity contribution in [2.75, 3.05) is 0 Å². The van der Waals surface area contributed by atoms with Crippen molar-refractivity contribution in [2.24, 2.45) is 5.73 Å². The van der Waals surface area contributed by atoms with Crippen molar-refractivity contribution < 1.29 is 0 Å². The van der Waals surface area contributed by atoms with Crippen LogP contribution >= 0.6 is 0 Å². The van der Waals surface area contributed by atoms with Crippen molar-refractivity contribution in [3.8, 4) is 0 Å². The predicted molar refractivity (Wildman–Crippen MR) is 91.2 cm³/mol. The average Bonchev–Trinajstić information content (AvgIpc) is 3.19. The number of H-pyrrole nitrogens is 1. The Hall–Kier alpha value is -2.36. The summed E-state index contributed by atoms with van der Waals surface area (Å²) in [5.74, 6) is 0.0833. The number of rotatable bonds is 5. The predicted octanol–water partition coefficient (Wildman–Crippen LogP) is 3.79. The van der Waals surface area contributed by atoms with Gasteiger partial charge in [0.1, 0.15) is 11.5 Å². The molecule has 0 saturated heterocycles. The van der Waals surface area contributed by atoms with Crippen LogP contribution in [0.5, 0.6) is 0 Å². The molecule has 0 radical (unpaired) electrons. The Morgan fingerprint density at radius 2 is 2.27 bits per heavy atom. The molecule has 0 aromatic carbocycles. The van der Waals surface area contributed by atoms with Gasteiger partial charge in [-0.1, -0.05) is 25.2 Å². The third-order valence-corrected chi connectivity index (χ3v) is 4.48. The third kappa shape index (κ3) is 2.25. The summed E-state index contributed by atoms with van der Waals surface area (Å²) in [4.78, 5) is 7.84. The first-order valence-corrected chi connectivity index (χ1v) is 7.78. The zero-order valence-corrected chi connectivity index (χ0v) is 13.1. The van der Waals surface area contributed by atoms with E-state index in [1.807, 2.05) is 0 Å². The highest BCUT2D eigenvalue weighted by molar-refractivity contribution is 6.06. The van der Waals surface area contributed by atoms with Gasteiger partial charge in [-0.3, -0.25) is 5.41 Å². The summed E-state index contributed by atoms with van der Waals surface area (Å²) < 4.78 is 0. The molecule has 1 saturated carbocycles. The minimum atomic E-state index is 0.0786. The Labute approximate surface area is 130 Å². The fraction of sp³-hybridized carbons (Fsp3) is 0.333. The number of allylic oxidation sites excluding steroid dienone is 4. The molecule has 0 bridgehead atoms. The number of nitrogens with zero attached hydrogens (tertiary/aromatic N) is 1. The fourth-order valence-corrected chi connectivity index (χ4v) is 3.13. The highest BCUT2D eigenvalue weighted by Crippen LogP contribution is 2.54. The van der Waals surface area contributed by atoms with Gasteiger partial charge in [0.2, 0.25) is 0 Å². The molecule has 2 heterocycles. The number of aromatic amines is 1. The second-order valence-corrected chi connectivity index (χ2v) is 5.85. The molecular weight excluding hydrogens is 272 g/mol. The van der Waals surface area contributed by atoms with Crippen molar-refractivity contribution >= 4 is 16.9 Å². The van der Waals surface area contributed by atoms with Crippen LogP contribution in [-0.4, -0.2) is 15.8 Å². The average molecular weight is 294 g/mol. The Balaban J connectivity index is 2.09. The van der Waals surface area contributed by atoms with E-state index in [1.54, 1.807) is 12.3 Å². The van der Waals surface area contributed by atoms with Crippen molar-refractivity contribution in [1.29, 1.82) is 5.41 Å². The molecular formula is C18H22N4. The number of hydrogen-bond acceptors (Lipinski definition) is 2. The number of pyridine rings is 1. The minimum Gasteiger partial charge on any atom is -0.384 e. The van der Waals surface area contributed by atoms with Crippen LogP contribution in [0.25, 0.3) is 11.0 Å². The molecule has 0 amide bonds. The quantitative estimate of drug-likeness (QED) is 0.445. The van der Waals surface area contributed by atoms with Gasteiger partial charge in [0.05, 0.1) is 0 Å². The molecule has 4 nitrogen and oxygen atoms in total. The summed E-state index contributed by atoms with van der Waals surface area (Å²) in [6.45, 7) is 4.24. The molecule has 114 valence electrons. The first kappa shape index (κ1) is 14.6. The summed E-state index contributed by atoms with van der Waals surface area (Å²) in [6.07, 6.45) is 11.7. The van der Waals surface area contributed by atoms with Gasteiger partial charge in [-0.15, -0.1) is 0 Å². The van der Waals surface area contributed by atoms with Crippen LogP contribution in [0.4, 0.5) is 0 Å². The van der Waals surface area contributed by atoms with E-state index in [0.29, 0.717) is 0 Å². The summed E-state index contributed by atoms with van der Waals surface area (Å²) >= 11 is 0. The highest BCUT2D eigenvalue weighted by atomic mass is 14.9. The van der Waals surface area contributed by atoms with Gasteiger partial charge in [-0.2, -0.15) is 0 Å². The van der Waals surface area contributed by atoms with E-state index >= 15 is 0 Å². The van der Waals surface area contributed by atoms with Crippen LogP contribution in [0, 0.1) is 5.41 Å². The fourth-order valence-electron chi connectivity index (χ4n) is 3.13. The third-order valence-electron chi connectivity index (χ3n) is 4.48. The topological polar surface area (TPSA) is 78.6 Å². The minimum absolute atomic E-state index is 0.0786. The molecule has 22 heavy (non-hydrogen) atoms. The molecule has 1 aliphatic rings. The monoisotopic (exact) mass is 294 g/mol. The van der Waals surface area contributed by atoms with E-state index in [4.69, 9.17) is 11.1 Å². The summed E-state index contributed by atoms with van der Waals surface area (Å²) in [5.41, 5.74) is 9.85. The molecule has 1 fully saturated rings. The van der Waals surface area contributed by atoms with Crippen LogP contribution < -0.4 is 5.73 Å². The van der Waals surface area contributed by atoms with Crippen molar-refractivity contribution in [3.63, 3.8) is 0 Å². The molecule has 4 heteroatoms. The lowest BCUT2D eigenvalue weighted by Crippen LogP contribution is -2.11. The Bertz CT molecular complexity index is 775. The summed E-state index contributed by atoms with van der Waals surface area (Å²) in [6, 6.07) is 3.92. The lowest BCUT2D eigenvalue weighted by Gasteiger charge is -2.15. The van der Waals surface area contributed by atoms with Gasteiger partial charge in [0, 0.05) is 28.3 Å². The number of fused-ring (bicyclic) bond motifs is 1. The van der Waals surface area contributed by atoms with Gasteiger partial charge in [0.15, 0.2) is 0 Å². The van der Waals surface area contributed by atoms with Crippen LogP contribution in [0.15, 0.2) is 42.1 Å². The highest BCUT2D eigenvalue weighted by Gasteiger charge is 2.47. The molecule has 0 aliphatic heterocycles. The van der Waals surface area contributed by atoms with E-state index in [2.05, 4.69) is 48.1 Å². The maximum absolute atomic E-state index is 7.72. The molecule has 0 atom stereocenters. The Morgan fingerprint density at radius 3 is 2.86 bits per heavy atom. The normalized spacial score (nSPS) is 17.3. The van der Waals surface area contributed by atoms with Gasteiger partial charge in [0.25, 0.3) is 0 Å². The number of hydrogen-bond donors (Lipinski definition) is 3. The first-order valence-electron chi connectivity index (χ1n) is 7.78. The molecule has 3 rings (SSSR count).